The van der Waals surface area contributed by atoms with Crippen LogP contribution >= 0.6 is 0 Å². The number of benzene rings is 1. The molecule has 1 heterocycles. The number of rotatable bonds is 14. The van der Waals surface area contributed by atoms with Gasteiger partial charge in [0.15, 0.2) is 0 Å². The Labute approximate surface area is 206 Å². The first-order chi connectivity index (χ1) is 15.6. The van der Waals surface area contributed by atoms with E-state index in [1.54, 1.807) is 0 Å². The first-order valence-corrected chi connectivity index (χ1v) is 14.0. The van der Waals surface area contributed by atoms with E-state index < -0.39 is 0 Å². The minimum absolute atomic E-state index is 0.0333. The zero-order valence-electron chi connectivity index (χ0n) is 23.5. The first-order valence-electron chi connectivity index (χ1n) is 14.0. The van der Waals surface area contributed by atoms with Crippen molar-refractivity contribution in [2.75, 3.05) is 6.61 Å². The van der Waals surface area contributed by atoms with Crippen LogP contribution in [0.5, 0.6) is 11.5 Å². The number of fused-ring (bicyclic) bond motifs is 1. The third kappa shape index (κ3) is 8.22. The molecular formula is C31H54O2. The molecule has 0 fully saturated rings. The summed E-state index contributed by atoms with van der Waals surface area (Å²) < 4.78 is 12.7. The Morgan fingerprint density at radius 3 is 1.97 bits per heavy atom. The van der Waals surface area contributed by atoms with Crippen LogP contribution in [0.15, 0.2) is 0 Å². The lowest BCUT2D eigenvalue weighted by molar-refractivity contribution is 0.0511. The van der Waals surface area contributed by atoms with Crippen molar-refractivity contribution < 1.29 is 9.47 Å². The second-order valence-electron chi connectivity index (χ2n) is 11.9. The molecule has 1 aromatic carbocycles. The molecule has 0 amide bonds. The largest absolute Gasteiger partial charge is 0.493 e. The summed E-state index contributed by atoms with van der Waals surface area (Å²) in [5.41, 5.74) is 5.12. The molecule has 190 valence electrons. The Balaban J connectivity index is 1.79. The van der Waals surface area contributed by atoms with Crippen LogP contribution in [0.4, 0.5) is 0 Å². The molecule has 0 radical (unpaired) electrons. The Morgan fingerprint density at radius 1 is 0.818 bits per heavy atom. The van der Waals surface area contributed by atoms with Crippen molar-refractivity contribution in [2.24, 2.45) is 17.8 Å². The average Bonchev–Trinajstić information content (AvgIpc) is 2.75. The van der Waals surface area contributed by atoms with Gasteiger partial charge in [0, 0.05) is 5.56 Å². The number of ether oxygens (including phenoxy) is 2. The topological polar surface area (TPSA) is 18.5 Å². The van der Waals surface area contributed by atoms with Gasteiger partial charge in [-0.25, -0.2) is 0 Å². The van der Waals surface area contributed by atoms with Crippen molar-refractivity contribution in [3.63, 3.8) is 0 Å². The highest BCUT2D eigenvalue weighted by atomic mass is 16.5. The second-order valence-corrected chi connectivity index (χ2v) is 11.9. The van der Waals surface area contributed by atoms with Crippen molar-refractivity contribution in [1.82, 2.24) is 0 Å². The second kappa shape index (κ2) is 13.1. The molecule has 3 atom stereocenters. The molecule has 2 rings (SSSR count). The van der Waals surface area contributed by atoms with E-state index in [4.69, 9.17) is 9.47 Å². The van der Waals surface area contributed by atoms with E-state index in [9.17, 15) is 0 Å². The lowest BCUT2D eigenvalue weighted by atomic mass is 9.83. The fourth-order valence-electron chi connectivity index (χ4n) is 5.62. The molecule has 0 aliphatic carbocycles. The van der Waals surface area contributed by atoms with Crippen LogP contribution in [0.1, 0.15) is 128 Å². The van der Waals surface area contributed by atoms with Crippen LogP contribution in [0.3, 0.4) is 0 Å². The van der Waals surface area contributed by atoms with Gasteiger partial charge in [0.05, 0.1) is 6.61 Å². The van der Waals surface area contributed by atoms with Gasteiger partial charge in [-0.15, -0.1) is 0 Å². The van der Waals surface area contributed by atoms with Gasteiger partial charge in [-0.2, -0.15) is 0 Å². The minimum atomic E-state index is -0.0333. The van der Waals surface area contributed by atoms with Crippen LogP contribution in [-0.4, -0.2) is 12.2 Å². The maximum atomic E-state index is 6.74. The molecule has 3 unspecified atom stereocenters. The predicted molar refractivity (Wildman–Crippen MR) is 144 cm³/mol. The van der Waals surface area contributed by atoms with Gasteiger partial charge in [0.1, 0.15) is 17.1 Å². The van der Waals surface area contributed by atoms with Crippen LogP contribution in [0.25, 0.3) is 0 Å². The molecule has 33 heavy (non-hydrogen) atoms. The Bertz CT molecular complexity index is 735. The summed E-state index contributed by atoms with van der Waals surface area (Å²) in [5.74, 6) is 4.78. The van der Waals surface area contributed by atoms with Crippen LogP contribution in [0, 0.1) is 38.5 Å². The predicted octanol–water partition coefficient (Wildman–Crippen LogP) is 9.53. The van der Waals surface area contributed by atoms with E-state index in [1.165, 1.54) is 73.6 Å². The Morgan fingerprint density at radius 2 is 1.39 bits per heavy atom. The quantitative estimate of drug-likeness (QED) is 0.276. The van der Waals surface area contributed by atoms with Crippen LogP contribution in [-0.2, 0) is 6.42 Å². The normalized spacial score (nSPS) is 19.8. The van der Waals surface area contributed by atoms with Gasteiger partial charge in [-0.1, -0.05) is 72.6 Å². The third-order valence-electron chi connectivity index (χ3n) is 8.13. The highest BCUT2D eigenvalue weighted by Crippen LogP contribution is 2.45. The molecule has 1 aromatic rings. The van der Waals surface area contributed by atoms with E-state index in [1.807, 2.05) is 0 Å². The molecule has 0 spiro atoms. The SMILES string of the molecule is CCOc1c(C)c(C)c2c(c1C)CCC(C)(CCCC(C)CCCC(C)CCCC(C)C)O2. The fraction of sp³-hybridized carbons (Fsp3) is 0.806. The molecule has 0 saturated heterocycles. The molecule has 1 aliphatic rings. The molecule has 0 N–H and O–H groups in total. The van der Waals surface area contributed by atoms with E-state index in [0.29, 0.717) is 6.61 Å². The zero-order chi connectivity index (χ0) is 24.6. The van der Waals surface area contributed by atoms with Gasteiger partial charge in [-0.3, -0.25) is 0 Å². The third-order valence-corrected chi connectivity index (χ3v) is 8.13. The van der Waals surface area contributed by atoms with Crippen molar-refractivity contribution in [3.05, 3.63) is 22.3 Å². The van der Waals surface area contributed by atoms with Crippen molar-refractivity contribution in [3.8, 4) is 11.5 Å². The smallest absolute Gasteiger partial charge is 0.127 e. The monoisotopic (exact) mass is 458 g/mol. The van der Waals surface area contributed by atoms with Gasteiger partial charge in [0.2, 0.25) is 0 Å². The van der Waals surface area contributed by atoms with E-state index >= 15 is 0 Å². The van der Waals surface area contributed by atoms with Gasteiger partial charge >= 0.3 is 0 Å². The van der Waals surface area contributed by atoms with E-state index in [0.717, 1.165) is 48.5 Å². The molecule has 2 heteroatoms. The molecule has 0 saturated carbocycles. The molecule has 2 nitrogen and oxygen atoms in total. The number of hydrogen-bond acceptors (Lipinski definition) is 2. The summed E-state index contributed by atoms with van der Waals surface area (Å²) in [4.78, 5) is 0. The summed E-state index contributed by atoms with van der Waals surface area (Å²) >= 11 is 0. The molecular weight excluding hydrogens is 404 g/mol. The summed E-state index contributed by atoms with van der Waals surface area (Å²) in [6, 6.07) is 0. The van der Waals surface area contributed by atoms with Gasteiger partial charge in [-0.05, 0) is 94.7 Å². The van der Waals surface area contributed by atoms with E-state index in [2.05, 4.69) is 62.3 Å². The Hall–Kier alpha value is -1.18. The Kier molecular flexibility index (Phi) is 11.1. The average molecular weight is 459 g/mol. The van der Waals surface area contributed by atoms with Gasteiger partial charge in [0.25, 0.3) is 0 Å². The van der Waals surface area contributed by atoms with Crippen LogP contribution < -0.4 is 9.47 Å². The number of hydrogen-bond donors (Lipinski definition) is 0. The maximum Gasteiger partial charge on any atom is 0.127 e. The lowest BCUT2D eigenvalue weighted by Gasteiger charge is -2.38. The van der Waals surface area contributed by atoms with Crippen molar-refractivity contribution in [2.45, 2.75) is 139 Å². The van der Waals surface area contributed by atoms with E-state index in [-0.39, 0.29) is 5.60 Å². The standard InChI is InChI=1S/C31H54O2/c1-10-32-29-25(6)26(7)30-28(27(29)8)19-21-31(9,33-30)20-13-18-24(5)17-12-16-23(4)15-11-14-22(2)3/h22-24H,10-21H2,1-9H3. The summed E-state index contributed by atoms with van der Waals surface area (Å²) in [7, 11) is 0. The maximum absolute atomic E-state index is 6.74. The van der Waals surface area contributed by atoms with Crippen molar-refractivity contribution >= 4 is 0 Å². The molecule has 1 aliphatic heterocycles. The first kappa shape index (κ1) is 28.1. The highest BCUT2D eigenvalue weighted by Gasteiger charge is 2.34. The highest BCUT2D eigenvalue weighted by molar-refractivity contribution is 5.59. The fourth-order valence-corrected chi connectivity index (χ4v) is 5.62. The minimum Gasteiger partial charge on any atom is -0.493 e. The van der Waals surface area contributed by atoms with Crippen molar-refractivity contribution in [1.29, 1.82) is 0 Å². The van der Waals surface area contributed by atoms with Crippen LogP contribution in [0.2, 0.25) is 0 Å². The lowest BCUT2D eigenvalue weighted by Crippen LogP contribution is -2.37. The zero-order valence-corrected chi connectivity index (χ0v) is 23.5. The summed E-state index contributed by atoms with van der Waals surface area (Å²) in [6.07, 6.45) is 14.3. The molecule has 0 bridgehead atoms. The molecule has 0 aromatic heterocycles. The summed E-state index contributed by atoms with van der Waals surface area (Å²) in [6.45, 7) is 21.3. The summed E-state index contributed by atoms with van der Waals surface area (Å²) in [5, 5.41) is 0. The van der Waals surface area contributed by atoms with Gasteiger partial charge < -0.3 is 9.47 Å².